The summed E-state index contributed by atoms with van der Waals surface area (Å²) in [4.78, 5) is 8.00. The molecule has 0 saturated carbocycles. The number of hydrogen-bond acceptors (Lipinski definition) is 5. The van der Waals surface area contributed by atoms with Crippen LogP contribution in [0.25, 0.3) is 0 Å². The molecule has 1 aliphatic heterocycles. The summed E-state index contributed by atoms with van der Waals surface area (Å²) in [5, 5.41) is 0.453. The van der Waals surface area contributed by atoms with Crippen molar-refractivity contribution in [1.29, 1.82) is 0 Å². The summed E-state index contributed by atoms with van der Waals surface area (Å²) in [6, 6.07) is 3.82. The van der Waals surface area contributed by atoms with E-state index in [0.29, 0.717) is 24.1 Å². The summed E-state index contributed by atoms with van der Waals surface area (Å²) in [6.45, 7) is 1.09. The van der Waals surface area contributed by atoms with Crippen molar-refractivity contribution in [3.05, 3.63) is 23.5 Å². The summed E-state index contributed by atoms with van der Waals surface area (Å²) in [5.74, 6) is 0.695. The van der Waals surface area contributed by atoms with E-state index in [9.17, 15) is 0 Å². The van der Waals surface area contributed by atoms with Crippen molar-refractivity contribution in [1.82, 2.24) is 4.98 Å². The molecule has 0 aromatic carbocycles. The first-order valence-corrected chi connectivity index (χ1v) is 5.32. The van der Waals surface area contributed by atoms with Crippen LogP contribution in [0.2, 0.25) is 5.15 Å². The molecular formula is C10H12ClN3O2. The zero-order chi connectivity index (χ0) is 11.4. The first-order valence-electron chi connectivity index (χ1n) is 4.94. The Morgan fingerprint density at radius 3 is 3.06 bits per heavy atom. The van der Waals surface area contributed by atoms with E-state index in [4.69, 9.17) is 26.8 Å². The molecule has 1 aromatic rings. The summed E-state index contributed by atoms with van der Waals surface area (Å²) in [7, 11) is 0. The summed E-state index contributed by atoms with van der Waals surface area (Å²) in [6.07, 6.45) is 2.36. The second-order valence-corrected chi connectivity index (χ2v) is 3.77. The van der Waals surface area contributed by atoms with Gasteiger partial charge in [0.05, 0.1) is 18.8 Å². The molecule has 0 aliphatic carbocycles. The second-order valence-electron chi connectivity index (χ2n) is 3.39. The molecule has 0 spiro atoms. The lowest BCUT2D eigenvalue weighted by Gasteiger charge is -2.07. The average Bonchev–Trinajstić information content (AvgIpc) is 2.67. The standard InChI is InChI=1S/C10H12ClN3O2/c11-9-2-1-8(5-13-9)15-4-3-7-6-16-10(12)14-7/h1-2,5,7H,3-4,6H2,(H2,12,14)/t7-/m0/s1. The van der Waals surface area contributed by atoms with Crippen LogP contribution in [-0.4, -0.2) is 30.3 Å². The number of amidine groups is 1. The molecular weight excluding hydrogens is 230 g/mol. The zero-order valence-electron chi connectivity index (χ0n) is 8.60. The zero-order valence-corrected chi connectivity index (χ0v) is 9.35. The average molecular weight is 242 g/mol. The van der Waals surface area contributed by atoms with Crippen molar-refractivity contribution in [2.75, 3.05) is 13.2 Å². The molecule has 2 N–H and O–H groups in total. The Kier molecular flexibility index (Phi) is 3.46. The highest BCUT2D eigenvalue weighted by atomic mass is 35.5. The van der Waals surface area contributed by atoms with Crippen molar-refractivity contribution in [3.8, 4) is 5.75 Å². The van der Waals surface area contributed by atoms with Gasteiger partial charge in [0, 0.05) is 6.42 Å². The fraction of sp³-hybridized carbons (Fsp3) is 0.400. The molecule has 0 amide bonds. The SMILES string of the molecule is NC1=N[C@@H](CCOc2ccc(Cl)nc2)CO1. The van der Waals surface area contributed by atoms with E-state index >= 15 is 0 Å². The summed E-state index contributed by atoms with van der Waals surface area (Å²) in [5.41, 5.74) is 5.39. The number of aromatic nitrogens is 1. The smallest absolute Gasteiger partial charge is 0.282 e. The molecule has 1 atom stereocenters. The number of ether oxygens (including phenoxy) is 2. The lowest BCUT2D eigenvalue weighted by Crippen LogP contribution is -2.12. The van der Waals surface area contributed by atoms with Crippen LogP contribution in [0.4, 0.5) is 0 Å². The monoisotopic (exact) mass is 241 g/mol. The fourth-order valence-electron chi connectivity index (χ4n) is 1.34. The highest BCUT2D eigenvalue weighted by Gasteiger charge is 2.16. The molecule has 0 saturated heterocycles. The van der Waals surface area contributed by atoms with Gasteiger partial charge in [-0.15, -0.1) is 0 Å². The molecule has 86 valence electrons. The fourth-order valence-corrected chi connectivity index (χ4v) is 1.46. The van der Waals surface area contributed by atoms with E-state index in [1.54, 1.807) is 18.3 Å². The maximum atomic E-state index is 5.65. The van der Waals surface area contributed by atoms with Crippen LogP contribution in [0, 0.1) is 0 Å². The Balaban J connectivity index is 1.74. The van der Waals surface area contributed by atoms with E-state index in [1.165, 1.54) is 0 Å². The number of nitrogens with two attached hydrogens (primary N) is 1. The van der Waals surface area contributed by atoms with Crippen LogP contribution >= 0.6 is 11.6 Å². The van der Waals surface area contributed by atoms with E-state index in [-0.39, 0.29) is 12.1 Å². The van der Waals surface area contributed by atoms with Gasteiger partial charge >= 0.3 is 0 Å². The first-order chi connectivity index (χ1) is 7.74. The van der Waals surface area contributed by atoms with Crippen LogP contribution in [-0.2, 0) is 4.74 Å². The molecule has 16 heavy (non-hydrogen) atoms. The lowest BCUT2D eigenvalue weighted by atomic mass is 10.2. The van der Waals surface area contributed by atoms with Crippen molar-refractivity contribution >= 4 is 17.6 Å². The minimum absolute atomic E-state index is 0.0975. The minimum Gasteiger partial charge on any atom is -0.492 e. The molecule has 0 bridgehead atoms. The predicted molar refractivity (Wildman–Crippen MR) is 60.7 cm³/mol. The van der Waals surface area contributed by atoms with E-state index in [1.807, 2.05) is 0 Å². The predicted octanol–water partition coefficient (Wildman–Crippen LogP) is 1.22. The third-order valence-electron chi connectivity index (χ3n) is 2.15. The van der Waals surface area contributed by atoms with Crippen molar-refractivity contribution in [2.45, 2.75) is 12.5 Å². The van der Waals surface area contributed by atoms with Crippen LogP contribution in [0.1, 0.15) is 6.42 Å². The van der Waals surface area contributed by atoms with Crippen molar-refractivity contribution < 1.29 is 9.47 Å². The quantitative estimate of drug-likeness (QED) is 0.805. The van der Waals surface area contributed by atoms with Gasteiger partial charge in [-0.05, 0) is 12.1 Å². The molecule has 1 aromatic heterocycles. The first kappa shape index (κ1) is 11.0. The Morgan fingerprint density at radius 1 is 1.56 bits per heavy atom. The molecule has 1 aliphatic rings. The van der Waals surface area contributed by atoms with E-state index in [2.05, 4.69) is 9.98 Å². The van der Waals surface area contributed by atoms with Crippen LogP contribution in [0.5, 0.6) is 5.75 Å². The Labute approximate surface area is 98.2 Å². The van der Waals surface area contributed by atoms with Gasteiger partial charge in [-0.2, -0.15) is 0 Å². The van der Waals surface area contributed by atoms with Crippen LogP contribution in [0.3, 0.4) is 0 Å². The van der Waals surface area contributed by atoms with Gasteiger partial charge in [0.1, 0.15) is 17.5 Å². The number of halogens is 1. The van der Waals surface area contributed by atoms with Gasteiger partial charge in [0.25, 0.3) is 6.02 Å². The molecule has 0 radical (unpaired) electrons. The van der Waals surface area contributed by atoms with Crippen molar-refractivity contribution in [3.63, 3.8) is 0 Å². The Morgan fingerprint density at radius 2 is 2.44 bits per heavy atom. The number of aliphatic imine (C=N–C) groups is 1. The second kappa shape index (κ2) is 5.03. The van der Waals surface area contributed by atoms with Gasteiger partial charge in [-0.1, -0.05) is 11.6 Å². The van der Waals surface area contributed by atoms with E-state index in [0.717, 1.165) is 6.42 Å². The Hall–Kier alpha value is -1.49. The molecule has 0 fully saturated rings. The number of rotatable bonds is 4. The van der Waals surface area contributed by atoms with Gasteiger partial charge in [-0.3, -0.25) is 0 Å². The van der Waals surface area contributed by atoms with E-state index < -0.39 is 0 Å². The van der Waals surface area contributed by atoms with Gasteiger partial charge < -0.3 is 15.2 Å². The van der Waals surface area contributed by atoms with Gasteiger partial charge in [0.15, 0.2) is 0 Å². The third kappa shape index (κ3) is 3.00. The molecule has 6 heteroatoms. The van der Waals surface area contributed by atoms with Crippen LogP contribution < -0.4 is 10.5 Å². The molecule has 2 rings (SSSR count). The summed E-state index contributed by atoms with van der Waals surface area (Å²) < 4.78 is 10.5. The molecule has 5 nitrogen and oxygen atoms in total. The number of nitrogens with zero attached hydrogens (tertiary/aromatic N) is 2. The Bertz CT molecular complexity index is 380. The third-order valence-corrected chi connectivity index (χ3v) is 2.38. The van der Waals surface area contributed by atoms with Crippen LogP contribution in [0.15, 0.2) is 23.3 Å². The highest BCUT2D eigenvalue weighted by molar-refractivity contribution is 6.29. The maximum Gasteiger partial charge on any atom is 0.282 e. The topological polar surface area (TPSA) is 69.7 Å². The largest absolute Gasteiger partial charge is 0.492 e. The normalized spacial score (nSPS) is 19.1. The maximum absolute atomic E-state index is 5.65. The lowest BCUT2D eigenvalue weighted by molar-refractivity contribution is 0.263. The van der Waals surface area contributed by atoms with Crippen molar-refractivity contribution in [2.24, 2.45) is 10.7 Å². The molecule has 2 heterocycles. The number of pyridine rings is 1. The number of hydrogen-bond donors (Lipinski definition) is 1. The van der Waals surface area contributed by atoms with Gasteiger partial charge in [0.2, 0.25) is 0 Å². The van der Waals surface area contributed by atoms with Gasteiger partial charge in [-0.25, -0.2) is 9.98 Å². The molecule has 0 unspecified atom stereocenters. The highest BCUT2D eigenvalue weighted by Crippen LogP contribution is 2.13. The minimum atomic E-state index is 0.0975. The summed E-state index contributed by atoms with van der Waals surface area (Å²) >= 11 is 5.65.